The molecule has 1 saturated heterocycles. The van der Waals surface area contributed by atoms with Crippen LogP contribution in [-0.4, -0.2) is 37.7 Å². The second-order valence-corrected chi connectivity index (χ2v) is 8.08. The first-order valence-electron chi connectivity index (χ1n) is 9.11. The summed E-state index contributed by atoms with van der Waals surface area (Å²) in [7, 11) is 0. The van der Waals surface area contributed by atoms with Crippen molar-refractivity contribution in [3.8, 4) is 0 Å². The average Bonchev–Trinajstić information content (AvgIpc) is 3.16. The smallest absolute Gasteiger partial charge is 0.355 e. The van der Waals surface area contributed by atoms with Crippen molar-refractivity contribution < 1.29 is 22.0 Å². The van der Waals surface area contributed by atoms with Crippen LogP contribution in [0.3, 0.4) is 0 Å². The number of halogens is 6. The lowest BCUT2D eigenvalue weighted by Crippen LogP contribution is -2.40. The largest absolute Gasteiger partial charge is 0.417 e. The standard InChI is InChI=1S/C18H16BrF5N6/c1-9-2-3-29(16-12(19)4-10(6-25-16)18(22,23)24)7-11(9)14-5-13(15(20)21)28-17-26-8-27-30(14)17/h4-6,8-9,11,15H,2-3,7H2,1H3/t9-,11?/m1/s1. The number of alkyl halides is 5. The van der Waals surface area contributed by atoms with E-state index in [-0.39, 0.29) is 27.8 Å². The van der Waals surface area contributed by atoms with Gasteiger partial charge in [-0.1, -0.05) is 6.92 Å². The summed E-state index contributed by atoms with van der Waals surface area (Å²) in [5.41, 5.74) is -0.697. The maximum atomic E-state index is 13.3. The highest BCUT2D eigenvalue weighted by Gasteiger charge is 2.34. The molecule has 6 nitrogen and oxygen atoms in total. The van der Waals surface area contributed by atoms with Crippen molar-refractivity contribution in [3.63, 3.8) is 0 Å². The first kappa shape index (κ1) is 20.9. The molecule has 3 aromatic rings. The predicted molar refractivity (Wildman–Crippen MR) is 101 cm³/mol. The van der Waals surface area contributed by atoms with Crippen molar-refractivity contribution in [2.45, 2.75) is 31.9 Å². The van der Waals surface area contributed by atoms with Crippen molar-refractivity contribution >= 4 is 27.5 Å². The van der Waals surface area contributed by atoms with Gasteiger partial charge in [-0.05, 0) is 40.4 Å². The molecule has 0 spiro atoms. The summed E-state index contributed by atoms with van der Waals surface area (Å²) in [6.45, 7) is 2.95. The first-order valence-corrected chi connectivity index (χ1v) is 9.91. The summed E-state index contributed by atoms with van der Waals surface area (Å²) in [5, 5.41) is 4.11. The molecule has 4 rings (SSSR count). The van der Waals surface area contributed by atoms with E-state index < -0.39 is 18.2 Å². The number of rotatable bonds is 3. The molecule has 0 amide bonds. The van der Waals surface area contributed by atoms with Crippen LogP contribution in [0.25, 0.3) is 5.78 Å². The Balaban J connectivity index is 1.70. The zero-order valence-corrected chi connectivity index (χ0v) is 17.2. The van der Waals surface area contributed by atoms with Crippen LogP contribution in [-0.2, 0) is 6.18 Å². The molecule has 0 bridgehead atoms. The van der Waals surface area contributed by atoms with E-state index in [2.05, 4.69) is 36.0 Å². The Hall–Kier alpha value is -2.37. The minimum absolute atomic E-state index is 0.0842. The van der Waals surface area contributed by atoms with Gasteiger partial charge in [0, 0.05) is 25.2 Å². The van der Waals surface area contributed by atoms with Gasteiger partial charge in [0.25, 0.3) is 12.2 Å². The number of aromatic nitrogens is 5. The first-order chi connectivity index (χ1) is 14.1. The molecule has 0 aliphatic carbocycles. The minimum Gasteiger partial charge on any atom is -0.355 e. The summed E-state index contributed by atoms with van der Waals surface area (Å²) in [5.74, 6) is 0.355. The van der Waals surface area contributed by atoms with Crippen molar-refractivity contribution in [2.75, 3.05) is 18.0 Å². The molecule has 0 N–H and O–H groups in total. The van der Waals surface area contributed by atoms with Crippen LogP contribution in [0.4, 0.5) is 27.8 Å². The Kier molecular flexibility index (Phi) is 5.37. The number of anilines is 1. The molecule has 160 valence electrons. The van der Waals surface area contributed by atoms with Gasteiger partial charge in [0.1, 0.15) is 17.8 Å². The topological polar surface area (TPSA) is 59.2 Å². The highest BCUT2D eigenvalue weighted by Crippen LogP contribution is 2.38. The fourth-order valence-electron chi connectivity index (χ4n) is 3.70. The zero-order chi connectivity index (χ0) is 21.6. The Morgan fingerprint density at radius 3 is 2.63 bits per heavy atom. The summed E-state index contributed by atoms with van der Waals surface area (Å²) in [6.07, 6.45) is -4.51. The number of piperidine rings is 1. The van der Waals surface area contributed by atoms with E-state index in [4.69, 9.17) is 0 Å². The molecular weight excluding hydrogens is 475 g/mol. The molecule has 0 saturated carbocycles. The van der Waals surface area contributed by atoms with E-state index in [1.165, 1.54) is 16.9 Å². The zero-order valence-electron chi connectivity index (χ0n) is 15.6. The van der Waals surface area contributed by atoms with Gasteiger partial charge in [-0.25, -0.2) is 23.3 Å². The van der Waals surface area contributed by atoms with Gasteiger partial charge < -0.3 is 4.90 Å². The van der Waals surface area contributed by atoms with E-state index in [1.807, 2.05) is 11.8 Å². The van der Waals surface area contributed by atoms with Crippen molar-refractivity contribution in [1.82, 2.24) is 24.6 Å². The van der Waals surface area contributed by atoms with E-state index in [9.17, 15) is 22.0 Å². The Bertz CT molecular complexity index is 1070. The molecule has 0 radical (unpaired) electrons. The number of hydrogen-bond acceptors (Lipinski definition) is 5. The molecule has 1 fully saturated rings. The highest BCUT2D eigenvalue weighted by atomic mass is 79.9. The molecular formula is C18H16BrF5N6. The van der Waals surface area contributed by atoms with Crippen molar-refractivity contribution in [3.05, 3.63) is 46.1 Å². The van der Waals surface area contributed by atoms with Crippen LogP contribution < -0.4 is 4.90 Å². The van der Waals surface area contributed by atoms with Gasteiger partial charge >= 0.3 is 6.18 Å². The molecule has 0 aromatic carbocycles. The molecule has 4 heterocycles. The van der Waals surface area contributed by atoms with Crippen LogP contribution in [0.15, 0.2) is 29.1 Å². The Morgan fingerprint density at radius 1 is 1.20 bits per heavy atom. The third-order valence-electron chi connectivity index (χ3n) is 5.31. The quantitative estimate of drug-likeness (QED) is 0.490. The van der Waals surface area contributed by atoms with E-state index in [1.54, 1.807) is 0 Å². The summed E-state index contributed by atoms with van der Waals surface area (Å²) < 4.78 is 67.1. The number of fused-ring (bicyclic) bond motifs is 1. The van der Waals surface area contributed by atoms with Crippen molar-refractivity contribution in [1.29, 1.82) is 0 Å². The number of nitrogens with zero attached hydrogens (tertiary/aromatic N) is 6. The lowest BCUT2D eigenvalue weighted by molar-refractivity contribution is -0.137. The SMILES string of the molecule is C[C@@H]1CCN(c2ncc(C(F)(F)F)cc2Br)CC1c1cc(C(F)F)nc2ncnn12. The second-order valence-electron chi connectivity index (χ2n) is 7.22. The van der Waals surface area contributed by atoms with Crippen LogP contribution in [0, 0.1) is 5.92 Å². The lowest BCUT2D eigenvalue weighted by Gasteiger charge is -2.38. The summed E-state index contributed by atoms with van der Waals surface area (Å²) in [4.78, 5) is 13.6. The van der Waals surface area contributed by atoms with Crippen LogP contribution >= 0.6 is 15.9 Å². The number of hydrogen-bond donors (Lipinski definition) is 0. The molecule has 2 atom stereocenters. The lowest BCUT2D eigenvalue weighted by atomic mass is 9.84. The van der Waals surface area contributed by atoms with Gasteiger partial charge in [0.2, 0.25) is 0 Å². The van der Waals surface area contributed by atoms with Gasteiger partial charge in [0.05, 0.1) is 15.7 Å². The molecule has 3 aromatic heterocycles. The van der Waals surface area contributed by atoms with Gasteiger partial charge in [-0.2, -0.15) is 23.3 Å². The normalized spacial score (nSPS) is 20.3. The third kappa shape index (κ3) is 3.84. The van der Waals surface area contributed by atoms with E-state index >= 15 is 0 Å². The monoisotopic (exact) mass is 490 g/mol. The Morgan fingerprint density at radius 2 is 1.97 bits per heavy atom. The van der Waals surface area contributed by atoms with E-state index in [0.717, 1.165) is 12.3 Å². The number of pyridine rings is 1. The molecule has 1 aliphatic rings. The minimum atomic E-state index is -4.49. The summed E-state index contributed by atoms with van der Waals surface area (Å²) in [6, 6.07) is 2.32. The van der Waals surface area contributed by atoms with Gasteiger partial charge in [-0.15, -0.1) is 0 Å². The van der Waals surface area contributed by atoms with Crippen LogP contribution in [0.1, 0.15) is 42.6 Å². The fourth-order valence-corrected chi connectivity index (χ4v) is 4.30. The predicted octanol–water partition coefficient (Wildman–Crippen LogP) is 4.87. The van der Waals surface area contributed by atoms with Crippen LogP contribution in [0.5, 0.6) is 0 Å². The molecule has 1 aliphatic heterocycles. The van der Waals surface area contributed by atoms with E-state index in [0.29, 0.717) is 31.0 Å². The average molecular weight is 491 g/mol. The highest BCUT2D eigenvalue weighted by molar-refractivity contribution is 9.10. The maximum absolute atomic E-state index is 13.3. The van der Waals surface area contributed by atoms with Crippen molar-refractivity contribution in [2.24, 2.45) is 5.92 Å². The Labute approximate surface area is 176 Å². The third-order valence-corrected chi connectivity index (χ3v) is 5.89. The second kappa shape index (κ2) is 7.71. The summed E-state index contributed by atoms with van der Waals surface area (Å²) >= 11 is 3.19. The van der Waals surface area contributed by atoms with Crippen LogP contribution in [0.2, 0.25) is 0 Å². The molecule has 1 unspecified atom stereocenters. The fraction of sp³-hybridized carbons (Fsp3) is 0.444. The molecule has 30 heavy (non-hydrogen) atoms. The molecule has 12 heteroatoms. The van der Waals surface area contributed by atoms with Gasteiger partial charge in [0.15, 0.2) is 0 Å². The van der Waals surface area contributed by atoms with Gasteiger partial charge in [-0.3, -0.25) is 0 Å². The maximum Gasteiger partial charge on any atom is 0.417 e.